The number of carbonyl (C=O) groups excluding carboxylic acids is 2. The fourth-order valence-electron chi connectivity index (χ4n) is 3.71. The summed E-state index contributed by atoms with van der Waals surface area (Å²) in [4.78, 5) is 28.2. The average Bonchev–Trinajstić information content (AvgIpc) is 3.18. The first-order valence-electron chi connectivity index (χ1n) is 10.8. The molecule has 0 spiro atoms. The van der Waals surface area contributed by atoms with Crippen LogP contribution in [0.5, 0.6) is 5.75 Å². The minimum absolute atomic E-state index is 0.150. The normalized spacial score (nSPS) is 16.6. The molecule has 0 aromatic heterocycles. The molecule has 0 radical (unpaired) electrons. The van der Waals surface area contributed by atoms with Crippen molar-refractivity contribution >= 4 is 46.6 Å². The van der Waals surface area contributed by atoms with Gasteiger partial charge in [0.2, 0.25) is 5.91 Å². The number of anilines is 2. The Labute approximate surface area is 213 Å². The maximum atomic E-state index is 13.6. The van der Waals surface area contributed by atoms with Gasteiger partial charge >= 0.3 is 0 Å². The number of nitrogens with zero attached hydrogens (tertiary/aromatic N) is 2. The number of hydrogen-bond donors (Lipinski definition) is 1. The highest BCUT2D eigenvalue weighted by atomic mass is 35.5. The minimum atomic E-state index is -0.618. The van der Waals surface area contributed by atoms with E-state index in [1.807, 2.05) is 37.3 Å². The van der Waals surface area contributed by atoms with E-state index in [0.29, 0.717) is 33.6 Å². The number of halogens is 1. The fourth-order valence-corrected chi connectivity index (χ4v) is 5.22. The molecule has 176 valence electrons. The number of nitriles is 1. The quantitative estimate of drug-likeness (QED) is 0.343. The van der Waals surface area contributed by atoms with E-state index in [2.05, 4.69) is 5.32 Å². The van der Waals surface area contributed by atoms with Crippen LogP contribution in [-0.4, -0.2) is 24.2 Å². The van der Waals surface area contributed by atoms with Gasteiger partial charge in [0.15, 0.2) is 0 Å². The van der Waals surface area contributed by atoms with E-state index in [0.717, 1.165) is 11.1 Å². The number of carbonyl (C=O) groups is 2. The molecule has 2 amide bonds. The molecule has 1 fully saturated rings. The van der Waals surface area contributed by atoms with Crippen molar-refractivity contribution in [3.8, 4) is 11.8 Å². The molecule has 6 nitrogen and oxygen atoms in total. The molecular weight excluding hydrogens is 482 g/mol. The van der Waals surface area contributed by atoms with Gasteiger partial charge in [0.1, 0.15) is 22.4 Å². The Morgan fingerprint density at radius 3 is 2.54 bits per heavy atom. The third kappa shape index (κ3) is 5.19. The number of amides is 2. The van der Waals surface area contributed by atoms with Crippen LogP contribution >= 0.6 is 23.4 Å². The summed E-state index contributed by atoms with van der Waals surface area (Å²) in [6.07, 6.45) is 0.406. The number of ether oxygens (including phenoxy) is 1. The zero-order valence-electron chi connectivity index (χ0n) is 19.1. The standard InChI is InChI=1S/C27H22ClN3O3S/c1-17-12-13-18(14-21(17)28)15-24-26(33)31(19-8-4-3-5-9-19)27(35-24)20(16-29)25(32)30-22-10-6-7-11-23(22)34-2/h3-14,24H,15H2,1-2H3,(H,30,32)/b27-20-. The lowest BCUT2D eigenvalue weighted by Crippen LogP contribution is -2.30. The number of methoxy groups -OCH3 is 1. The van der Waals surface area contributed by atoms with Crippen LogP contribution in [-0.2, 0) is 16.0 Å². The molecule has 3 aromatic carbocycles. The summed E-state index contributed by atoms with van der Waals surface area (Å²) in [6, 6.07) is 23.6. The van der Waals surface area contributed by atoms with Gasteiger partial charge in [0, 0.05) is 10.7 Å². The van der Waals surface area contributed by atoms with Crippen molar-refractivity contribution in [3.05, 3.63) is 99.5 Å². The van der Waals surface area contributed by atoms with Crippen molar-refractivity contribution in [2.75, 3.05) is 17.3 Å². The molecule has 1 atom stereocenters. The number of rotatable bonds is 6. The van der Waals surface area contributed by atoms with Gasteiger partial charge in [-0.3, -0.25) is 14.5 Å². The molecule has 3 aromatic rings. The van der Waals surface area contributed by atoms with Crippen LogP contribution in [0.25, 0.3) is 0 Å². The Balaban J connectivity index is 1.72. The van der Waals surface area contributed by atoms with Crippen LogP contribution in [0.4, 0.5) is 11.4 Å². The summed E-state index contributed by atoms with van der Waals surface area (Å²) in [5, 5.41) is 13.1. The first-order chi connectivity index (χ1) is 16.9. The summed E-state index contributed by atoms with van der Waals surface area (Å²) >= 11 is 7.49. The highest BCUT2D eigenvalue weighted by Crippen LogP contribution is 2.42. The maximum absolute atomic E-state index is 13.6. The van der Waals surface area contributed by atoms with Crippen LogP contribution < -0.4 is 15.0 Å². The molecule has 1 unspecified atom stereocenters. The van der Waals surface area contributed by atoms with Crippen molar-refractivity contribution < 1.29 is 14.3 Å². The second-order valence-electron chi connectivity index (χ2n) is 7.85. The van der Waals surface area contributed by atoms with Crippen molar-refractivity contribution in [3.63, 3.8) is 0 Å². The van der Waals surface area contributed by atoms with Crippen molar-refractivity contribution in [2.24, 2.45) is 0 Å². The van der Waals surface area contributed by atoms with Gasteiger partial charge in [-0.25, -0.2) is 0 Å². The molecule has 0 bridgehead atoms. The molecule has 1 aliphatic rings. The largest absolute Gasteiger partial charge is 0.495 e. The topological polar surface area (TPSA) is 82.4 Å². The fraction of sp³-hybridized carbons (Fsp3) is 0.148. The third-order valence-electron chi connectivity index (χ3n) is 5.53. The number of nitrogens with one attached hydrogen (secondary N) is 1. The van der Waals surface area contributed by atoms with E-state index >= 15 is 0 Å². The molecule has 1 heterocycles. The first kappa shape index (κ1) is 24.4. The minimum Gasteiger partial charge on any atom is -0.495 e. The van der Waals surface area contributed by atoms with E-state index in [1.165, 1.54) is 23.8 Å². The van der Waals surface area contributed by atoms with E-state index in [-0.39, 0.29) is 11.5 Å². The predicted molar refractivity (Wildman–Crippen MR) is 139 cm³/mol. The van der Waals surface area contributed by atoms with Crippen LogP contribution in [0, 0.1) is 18.3 Å². The van der Waals surface area contributed by atoms with E-state index in [1.54, 1.807) is 48.5 Å². The van der Waals surface area contributed by atoms with Gasteiger partial charge in [0.05, 0.1) is 18.0 Å². The Kier molecular flexibility index (Phi) is 7.45. The molecule has 4 rings (SSSR count). The summed E-state index contributed by atoms with van der Waals surface area (Å²) in [6.45, 7) is 1.92. The van der Waals surface area contributed by atoms with Crippen LogP contribution in [0.3, 0.4) is 0 Å². The van der Waals surface area contributed by atoms with Crippen LogP contribution in [0.2, 0.25) is 5.02 Å². The number of para-hydroxylation sites is 3. The number of benzene rings is 3. The molecule has 0 aliphatic carbocycles. The zero-order chi connectivity index (χ0) is 24.9. The summed E-state index contributed by atoms with van der Waals surface area (Å²) in [5.74, 6) is -0.356. The van der Waals surface area contributed by atoms with Gasteiger partial charge in [-0.05, 0) is 54.8 Å². The molecule has 1 N–H and O–H groups in total. The van der Waals surface area contributed by atoms with E-state index in [4.69, 9.17) is 16.3 Å². The van der Waals surface area contributed by atoms with E-state index in [9.17, 15) is 14.9 Å². The van der Waals surface area contributed by atoms with Gasteiger partial charge in [0.25, 0.3) is 5.91 Å². The molecule has 1 saturated heterocycles. The lowest BCUT2D eigenvalue weighted by molar-refractivity contribution is -0.117. The van der Waals surface area contributed by atoms with Crippen molar-refractivity contribution in [2.45, 2.75) is 18.6 Å². The Morgan fingerprint density at radius 2 is 1.86 bits per heavy atom. The average molecular weight is 504 g/mol. The summed E-state index contributed by atoms with van der Waals surface area (Å²) < 4.78 is 5.30. The second-order valence-corrected chi connectivity index (χ2v) is 9.45. The maximum Gasteiger partial charge on any atom is 0.269 e. The second kappa shape index (κ2) is 10.7. The number of thioether (sulfide) groups is 1. The monoisotopic (exact) mass is 503 g/mol. The lowest BCUT2D eigenvalue weighted by Gasteiger charge is -2.19. The highest BCUT2D eigenvalue weighted by molar-refractivity contribution is 8.05. The number of hydrogen-bond acceptors (Lipinski definition) is 5. The third-order valence-corrected chi connectivity index (χ3v) is 7.20. The molecule has 35 heavy (non-hydrogen) atoms. The zero-order valence-corrected chi connectivity index (χ0v) is 20.7. The van der Waals surface area contributed by atoms with Gasteiger partial charge in [-0.1, -0.05) is 65.8 Å². The van der Waals surface area contributed by atoms with Gasteiger partial charge in [-0.2, -0.15) is 5.26 Å². The van der Waals surface area contributed by atoms with Gasteiger partial charge < -0.3 is 10.1 Å². The summed E-state index contributed by atoms with van der Waals surface area (Å²) in [5.41, 5.74) is 2.72. The van der Waals surface area contributed by atoms with Crippen molar-refractivity contribution in [1.82, 2.24) is 0 Å². The molecule has 8 heteroatoms. The van der Waals surface area contributed by atoms with E-state index < -0.39 is 11.2 Å². The predicted octanol–water partition coefficient (Wildman–Crippen LogP) is 5.72. The van der Waals surface area contributed by atoms with Crippen LogP contribution in [0.15, 0.2) is 83.4 Å². The molecular formula is C27H22ClN3O3S. The van der Waals surface area contributed by atoms with Crippen LogP contribution in [0.1, 0.15) is 11.1 Å². The Hall–Kier alpha value is -3.73. The Bertz CT molecular complexity index is 1350. The molecule has 0 saturated carbocycles. The SMILES string of the molecule is COc1ccccc1NC(=O)/C(C#N)=C1\SC(Cc2ccc(C)c(Cl)c2)C(=O)N1c1ccccc1. The van der Waals surface area contributed by atoms with Gasteiger partial charge in [-0.15, -0.1) is 0 Å². The summed E-state index contributed by atoms with van der Waals surface area (Å²) in [7, 11) is 1.50. The lowest BCUT2D eigenvalue weighted by atomic mass is 10.1. The first-order valence-corrected chi connectivity index (χ1v) is 12.1. The smallest absolute Gasteiger partial charge is 0.269 e. The number of aryl methyl sites for hydroxylation is 1. The molecule has 1 aliphatic heterocycles. The highest BCUT2D eigenvalue weighted by Gasteiger charge is 2.40. The van der Waals surface area contributed by atoms with Crippen molar-refractivity contribution in [1.29, 1.82) is 5.26 Å². The Morgan fingerprint density at radius 1 is 1.14 bits per heavy atom.